The molecule has 1 heterocycles. The van der Waals surface area contributed by atoms with Crippen LogP contribution in [0.4, 0.5) is 5.69 Å². The van der Waals surface area contributed by atoms with Crippen LogP contribution in [0.15, 0.2) is 24.3 Å². The highest BCUT2D eigenvalue weighted by molar-refractivity contribution is 5.60. The molecule has 4 heteroatoms. The fourth-order valence-corrected chi connectivity index (χ4v) is 3.57. The topological polar surface area (TPSA) is 19.0 Å². The number of methoxy groups -OCH3 is 1. The van der Waals surface area contributed by atoms with Crippen molar-refractivity contribution in [2.24, 2.45) is 0 Å². The van der Waals surface area contributed by atoms with Crippen molar-refractivity contribution in [1.82, 2.24) is 9.80 Å². The molecule has 0 aliphatic carbocycles. The molecule has 0 radical (unpaired) electrons. The zero-order chi connectivity index (χ0) is 16.9. The van der Waals surface area contributed by atoms with Gasteiger partial charge in [-0.05, 0) is 39.1 Å². The maximum atomic E-state index is 5.56. The third kappa shape index (κ3) is 4.39. The summed E-state index contributed by atoms with van der Waals surface area (Å²) in [5.41, 5.74) is 1.32. The molecule has 4 nitrogen and oxygen atoms in total. The van der Waals surface area contributed by atoms with Crippen LogP contribution in [0.25, 0.3) is 0 Å². The van der Waals surface area contributed by atoms with E-state index in [-0.39, 0.29) is 5.54 Å². The maximum Gasteiger partial charge on any atom is 0.142 e. The molecule has 0 N–H and O–H groups in total. The fraction of sp³-hybridized carbons (Fsp3) is 0.684. The Kier molecular flexibility index (Phi) is 6.31. The Bertz CT molecular complexity index is 485. The SMILES string of the molecule is CCN(CC)CCN1CCN(c2ccccc2OC)C(C)(C)C1. The molecular weight excluding hydrogens is 286 g/mol. The number of rotatable bonds is 7. The van der Waals surface area contributed by atoms with E-state index in [9.17, 15) is 0 Å². The molecule has 1 aromatic rings. The zero-order valence-corrected chi connectivity index (χ0v) is 15.5. The number of anilines is 1. The van der Waals surface area contributed by atoms with Gasteiger partial charge >= 0.3 is 0 Å². The van der Waals surface area contributed by atoms with Crippen molar-refractivity contribution in [3.05, 3.63) is 24.3 Å². The number of nitrogens with zero attached hydrogens (tertiary/aromatic N) is 3. The van der Waals surface area contributed by atoms with Crippen LogP contribution in [-0.4, -0.2) is 68.3 Å². The fourth-order valence-electron chi connectivity index (χ4n) is 3.57. The summed E-state index contributed by atoms with van der Waals surface area (Å²) in [4.78, 5) is 7.60. The number of piperazine rings is 1. The van der Waals surface area contributed by atoms with Crippen molar-refractivity contribution in [3.63, 3.8) is 0 Å². The van der Waals surface area contributed by atoms with E-state index < -0.39 is 0 Å². The van der Waals surface area contributed by atoms with E-state index >= 15 is 0 Å². The summed E-state index contributed by atoms with van der Waals surface area (Å²) in [5.74, 6) is 0.970. The van der Waals surface area contributed by atoms with Gasteiger partial charge in [0.2, 0.25) is 0 Å². The highest BCUT2D eigenvalue weighted by Crippen LogP contribution is 2.34. The van der Waals surface area contributed by atoms with Gasteiger partial charge in [-0.2, -0.15) is 0 Å². The van der Waals surface area contributed by atoms with E-state index in [1.54, 1.807) is 7.11 Å². The molecule has 0 spiro atoms. The lowest BCUT2D eigenvalue weighted by atomic mass is 9.97. The quantitative estimate of drug-likeness (QED) is 0.769. The Morgan fingerprint density at radius 1 is 1.13 bits per heavy atom. The summed E-state index contributed by atoms with van der Waals surface area (Å²) in [6.45, 7) is 17.0. The predicted molar refractivity (Wildman–Crippen MR) is 98.6 cm³/mol. The first-order chi connectivity index (χ1) is 11.0. The summed E-state index contributed by atoms with van der Waals surface area (Å²) in [6.07, 6.45) is 0. The molecule has 1 aromatic carbocycles. The zero-order valence-electron chi connectivity index (χ0n) is 15.5. The molecule has 0 bridgehead atoms. The minimum atomic E-state index is 0.107. The molecule has 23 heavy (non-hydrogen) atoms. The number of para-hydroxylation sites is 2. The van der Waals surface area contributed by atoms with Gasteiger partial charge in [-0.25, -0.2) is 0 Å². The predicted octanol–water partition coefficient (Wildman–Crippen LogP) is 2.94. The van der Waals surface area contributed by atoms with Gasteiger partial charge in [0.05, 0.1) is 12.8 Å². The van der Waals surface area contributed by atoms with Gasteiger partial charge in [0.1, 0.15) is 5.75 Å². The van der Waals surface area contributed by atoms with Crippen LogP contribution in [0.2, 0.25) is 0 Å². The molecule has 1 saturated heterocycles. The van der Waals surface area contributed by atoms with Gasteiger partial charge in [-0.15, -0.1) is 0 Å². The van der Waals surface area contributed by atoms with E-state index in [1.165, 1.54) is 5.69 Å². The molecule has 0 atom stereocenters. The summed E-state index contributed by atoms with van der Waals surface area (Å²) < 4.78 is 5.56. The van der Waals surface area contributed by atoms with Gasteiger partial charge in [-0.1, -0.05) is 26.0 Å². The summed E-state index contributed by atoms with van der Waals surface area (Å²) in [5, 5.41) is 0. The normalized spacial score (nSPS) is 18.4. The largest absolute Gasteiger partial charge is 0.495 e. The van der Waals surface area contributed by atoms with E-state index in [0.29, 0.717) is 0 Å². The van der Waals surface area contributed by atoms with E-state index in [0.717, 1.165) is 51.6 Å². The standard InChI is InChI=1S/C19H33N3O/c1-6-20(7-2)12-13-21-14-15-22(19(3,4)16-21)17-10-8-9-11-18(17)23-5/h8-11H,6-7,12-16H2,1-5H3. The first-order valence-electron chi connectivity index (χ1n) is 8.87. The van der Waals surface area contributed by atoms with Crippen LogP contribution < -0.4 is 9.64 Å². The van der Waals surface area contributed by atoms with Crippen LogP contribution in [0.3, 0.4) is 0 Å². The minimum absolute atomic E-state index is 0.107. The van der Waals surface area contributed by atoms with Crippen molar-refractivity contribution in [2.45, 2.75) is 33.2 Å². The average molecular weight is 319 g/mol. The van der Waals surface area contributed by atoms with Crippen molar-refractivity contribution in [2.75, 3.05) is 57.8 Å². The highest BCUT2D eigenvalue weighted by atomic mass is 16.5. The number of benzene rings is 1. The molecule has 1 aliphatic heterocycles. The smallest absolute Gasteiger partial charge is 0.142 e. The van der Waals surface area contributed by atoms with Crippen LogP contribution in [-0.2, 0) is 0 Å². The highest BCUT2D eigenvalue weighted by Gasteiger charge is 2.34. The molecule has 1 aliphatic rings. The van der Waals surface area contributed by atoms with E-state index in [4.69, 9.17) is 4.74 Å². The second-order valence-corrected chi connectivity index (χ2v) is 6.94. The first-order valence-corrected chi connectivity index (χ1v) is 8.87. The maximum absolute atomic E-state index is 5.56. The monoisotopic (exact) mass is 319 g/mol. The van der Waals surface area contributed by atoms with Gasteiger partial charge in [0.25, 0.3) is 0 Å². The molecule has 0 aromatic heterocycles. The third-order valence-electron chi connectivity index (χ3n) is 4.98. The van der Waals surface area contributed by atoms with Crippen LogP contribution in [0, 0.1) is 0 Å². The van der Waals surface area contributed by atoms with Crippen molar-refractivity contribution < 1.29 is 4.74 Å². The molecule has 2 rings (SSSR count). The number of hydrogen-bond acceptors (Lipinski definition) is 4. The Morgan fingerprint density at radius 2 is 1.83 bits per heavy atom. The summed E-state index contributed by atoms with van der Waals surface area (Å²) in [6, 6.07) is 8.36. The van der Waals surface area contributed by atoms with E-state index in [2.05, 4.69) is 60.6 Å². The van der Waals surface area contributed by atoms with Crippen LogP contribution >= 0.6 is 0 Å². The van der Waals surface area contributed by atoms with Crippen molar-refractivity contribution >= 4 is 5.69 Å². The van der Waals surface area contributed by atoms with Gasteiger partial charge in [0, 0.05) is 38.3 Å². The Morgan fingerprint density at radius 3 is 2.43 bits per heavy atom. The van der Waals surface area contributed by atoms with Gasteiger partial charge < -0.3 is 14.5 Å². The average Bonchev–Trinajstić information content (AvgIpc) is 2.55. The molecular formula is C19H33N3O. The summed E-state index contributed by atoms with van der Waals surface area (Å²) in [7, 11) is 1.76. The molecule has 0 saturated carbocycles. The van der Waals surface area contributed by atoms with Crippen LogP contribution in [0.5, 0.6) is 5.75 Å². The third-order valence-corrected chi connectivity index (χ3v) is 4.98. The summed E-state index contributed by atoms with van der Waals surface area (Å²) >= 11 is 0. The number of hydrogen-bond donors (Lipinski definition) is 0. The number of ether oxygens (including phenoxy) is 1. The second kappa shape index (κ2) is 8.02. The lowest BCUT2D eigenvalue weighted by Crippen LogP contribution is -2.60. The van der Waals surface area contributed by atoms with E-state index in [1.807, 2.05) is 6.07 Å². The molecule has 0 amide bonds. The lowest BCUT2D eigenvalue weighted by Gasteiger charge is -2.49. The van der Waals surface area contributed by atoms with Crippen LogP contribution in [0.1, 0.15) is 27.7 Å². The van der Waals surface area contributed by atoms with Gasteiger partial charge in [-0.3, -0.25) is 4.90 Å². The Hall–Kier alpha value is -1.26. The molecule has 1 fully saturated rings. The lowest BCUT2D eigenvalue weighted by molar-refractivity contribution is 0.158. The second-order valence-electron chi connectivity index (χ2n) is 6.94. The number of likely N-dealkylation sites (N-methyl/N-ethyl adjacent to an activating group) is 1. The van der Waals surface area contributed by atoms with Gasteiger partial charge in [0.15, 0.2) is 0 Å². The van der Waals surface area contributed by atoms with Crippen molar-refractivity contribution in [1.29, 1.82) is 0 Å². The Labute approximate surface area is 142 Å². The first kappa shape index (κ1) is 18.1. The molecule has 0 unspecified atom stereocenters. The van der Waals surface area contributed by atoms with Crippen molar-refractivity contribution in [3.8, 4) is 5.75 Å². The molecule has 130 valence electrons. The minimum Gasteiger partial charge on any atom is -0.495 e. The Balaban J connectivity index is 2.02.